The normalized spacial score (nSPS) is 27.9. The van der Waals surface area contributed by atoms with Crippen LogP contribution in [0, 0.1) is 11.3 Å². The van der Waals surface area contributed by atoms with E-state index < -0.39 is 0 Å². The first kappa shape index (κ1) is 12.3. The summed E-state index contributed by atoms with van der Waals surface area (Å²) in [7, 11) is 0. The first-order chi connectivity index (χ1) is 8.46. The summed E-state index contributed by atoms with van der Waals surface area (Å²) in [5, 5.41) is 0. The molecule has 0 amide bonds. The largest absolute Gasteiger partial charge is 0.348 e. The Morgan fingerprint density at radius 3 is 2.83 bits per heavy atom. The standard InChI is InChI=1S/C16H26N2/c1-11(8-12-4-5-12)18-7-6-13-14(17)9-16(2,3)10-15(13)18/h6-7,11-12,14H,4-5,8-10,17H2,1-3H3. The van der Waals surface area contributed by atoms with Gasteiger partial charge in [0.2, 0.25) is 0 Å². The van der Waals surface area contributed by atoms with E-state index in [0.717, 1.165) is 12.3 Å². The van der Waals surface area contributed by atoms with Gasteiger partial charge in [-0.1, -0.05) is 26.7 Å². The molecule has 0 saturated heterocycles. The highest BCUT2D eigenvalue weighted by molar-refractivity contribution is 5.30. The van der Waals surface area contributed by atoms with Crippen molar-refractivity contribution in [1.29, 1.82) is 0 Å². The summed E-state index contributed by atoms with van der Waals surface area (Å²) < 4.78 is 2.51. The Morgan fingerprint density at radius 2 is 2.17 bits per heavy atom. The molecule has 2 heteroatoms. The molecule has 2 nitrogen and oxygen atoms in total. The summed E-state index contributed by atoms with van der Waals surface area (Å²) in [6.07, 6.45) is 8.80. The van der Waals surface area contributed by atoms with E-state index in [4.69, 9.17) is 5.73 Å². The quantitative estimate of drug-likeness (QED) is 0.863. The molecule has 0 bridgehead atoms. The highest BCUT2D eigenvalue weighted by atomic mass is 15.0. The Kier molecular flexibility index (Phi) is 2.81. The third kappa shape index (κ3) is 2.23. The number of aromatic nitrogens is 1. The van der Waals surface area contributed by atoms with Gasteiger partial charge in [0.15, 0.2) is 0 Å². The second-order valence-corrected chi connectivity index (χ2v) is 7.30. The maximum Gasteiger partial charge on any atom is 0.0318 e. The van der Waals surface area contributed by atoms with E-state index in [1.165, 1.54) is 36.9 Å². The van der Waals surface area contributed by atoms with Crippen molar-refractivity contribution in [2.45, 2.75) is 65.0 Å². The fourth-order valence-electron chi connectivity index (χ4n) is 3.62. The Labute approximate surface area is 111 Å². The number of fused-ring (bicyclic) bond motifs is 1. The smallest absolute Gasteiger partial charge is 0.0318 e. The molecule has 3 rings (SSSR count). The van der Waals surface area contributed by atoms with Crippen LogP contribution < -0.4 is 5.73 Å². The van der Waals surface area contributed by atoms with Gasteiger partial charge in [-0.15, -0.1) is 0 Å². The van der Waals surface area contributed by atoms with Gasteiger partial charge in [-0.25, -0.2) is 0 Å². The Balaban J connectivity index is 1.88. The average molecular weight is 246 g/mol. The number of nitrogens with zero attached hydrogens (tertiary/aromatic N) is 1. The van der Waals surface area contributed by atoms with Gasteiger partial charge in [-0.3, -0.25) is 0 Å². The number of nitrogens with two attached hydrogens (primary N) is 1. The summed E-state index contributed by atoms with van der Waals surface area (Å²) in [6, 6.07) is 3.14. The lowest BCUT2D eigenvalue weighted by molar-refractivity contribution is 0.271. The molecule has 1 aromatic heterocycles. The second-order valence-electron chi connectivity index (χ2n) is 7.30. The summed E-state index contributed by atoms with van der Waals surface area (Å²) in [6.45, 7) is 7.06. The van der Waals surface area contributed by atoms with Crippen LogP contribution >= 0.6 is 0 Å². The summed E-state index contributed by atoms with van der Waals surface area (Å²) >= 11 is 0. The first-order valence-corrected chi connectivity index (χ1v) is 7.41. The van der Waals surface area contributed by atoms with Crippen molar-refractivity contribution in [3.63, 3.8) is 0 Å². The van der Waals surface area contributed by atoms with E-state index in [9.17, 15) is 0 Å². The minimum atomic E-state index is 0.234. The van der Waals surface area contributed by atoms with Gasteiger partial charge in [-0.2, -0.15) is 0 Å². The lowest BCUT2D eigenvalue weighted by atomic mass is 9.74. The lowest BCUT2D eigenvalue weighted by Crippen LogP contribution is -2.30. The topological polar surface area (TPSA) is 30.9 Å². The third-order valence-electron chi connectivity index (χ3n) is 4.72. The molecule has 2 unspecified atom stereocenters. The predicted octanol–water partition coefficient (Wildman–Crippen LogP) is 3.82. The minimum absolute atomic E-state index is 0.234. The lowest BCUT2D eigenvalue weighted by Gasteiger charge is -2.35. The Hall–Kier alpha value is -0.760. The van der Waals surface area contributed by atoms with Crippen molar-refractivity contribution < 1.29 is 0 Å². The van der Waals surface area contributed by atoms with Crippen molar-refractivity contribution in [2.24, 2.45) is 17.1 Å². The van der Waals surface area contributed by atoms with E-state index >= 15 is 0 Å². The summed E-state index contributed by atoms with van der Waals surface area (Å²) in [5.74, 6) is 0.989. The molecule has 2 aliphatic carbocycles. The van der Waals surface area contributed by atoms with Gasteiger partial charge in [0.1, 0.15) is 0 Å². The van der Waals surface area contributed by atoms with Crippen LogP contribution in [0.4, 0.5) is 0 Å². The van der Waals surface area contributed by atoms with E-state index in [0.29, 0.717) is 11.5 Å². The molecule has 1 saturated carbocycles. The molecule has 0 spiro atoms. The van der Waals surface area contributed by atoms with Crippen molar-refractivity contribution >= 4 is 0 Å². The van der Waals surface area contributed by atoms with Crippen LogP contribution in [0.15, 0.2) is 12.3 Å². The first-order valence-electron chi connectivity index (χ1n) is 7.41. The molecule has 0 aromatic carbocycles. The average Bonchev–Trinajstić information content (AvgIpc) is 2.94. The molecular weight excluding hydrogens is 220 g/mol. The third-order valence-corrected chi connectivity index (χ3v) is 4.72. The molecule has 2 aliphatic rings. The van der Waals surface area contributed by atoms with Crippen LogP contribution in [0.2, 0.25) is 0 Å². The van der Waals surface area contributed by atoms with Crippen LogP contribution in [0.3, 0.4) is 0 Å². The fourth-order valence-corrected chi connectivity index (χ4v) is 3.62. The Bertz CT molecular complexity index is 440. The molecule has 1 fully saturated rings. The van der Waals surface area contributed by atoms with Gasteiger partial charge in [0, 0.05) is 24.0 Å². The zero-order chi connectivity index (χ0) is 12.9. The van der Waals surface area contributed by atoms with Crippen LogP contribution in [0.5, 0.6) is 0 Å². The van der Waals surface area contributed by atoms with Gasteiger partial charge >= 0.3 is 0 Å². The number of hydrogen-bond acceptors (Lipinski definition) is 1. The van der Waals surface area contributed by atoms with Gasteiger partial charge < -0.3 is 10.3 Å². The zero-order valence-electron chi connectivity index (χ0n) is 11.9. The van der Waals surface area contributed by atoms with Gasteiger partial charge in [0.05, 0.1) is 0 Å². The molecule has 1 heterocycles. The van der Waals surface area contributed by atoms with Crippen LogP contribution in [0.25, 0.3) is 0 Å². The zero-order valence-corrected chi connectivity index (χ0v) is 11.9. The fraction of sp³-hybridized carbons (Fsp3) is 0.750. The second kappa shape index (κ2) is 4.12. The number of hydrogen-bond donors (Lipinski definition) is 1. The summed E-state index contributed by atoms with van der Waals surface area (Å²) in [4.78, 5) is 0. The molecule has 18 heavy (non-hydrogen) atoms. The minimum Gasteiger partial charge on any atom is -0.348 e. The maximum atomic E-state index is 6.34. The van der Waals surface area contributed by atoms with Crippen LogP contribution in [0.1, 0.15) is 69.8 Å². The molecule has 2 N–H and O–H groups in total. The van der Waals surface area contributed by atoms with Gasteiger partial charge in [-0.05, 0) is 49.1 Å². The molecule has 0 aliphatic heterocycles. The Morgan fingerprint density at radius 1 is 1.44 bits per heavy atom. The van der Waals surface area contributed by atoms with Crippen molar-refractivity contribution in [2.75, 3.05) is 0 Å². The summed E-state index contributed by atoms with van der Waals surface area (Å²) in [5.41, 5.74) is 9.59. The van der Waals surface area contributed by atoms with Crippen molar-refractivity contribution in [3.8, 4) is 0 Å². The maximum absolute atomic E-state index is 6.34. The van der Waals surface area contributed by atoms with Gasteiger partial charge in [0.25, 0.3) is 0 Å². The van der Waals surface area contributed by atoms with E-state index in [1.54, 1.807) is 0 Å². The molecule has 1 aromatic rings. The van der Waals surface area contributed by atoms with Crippen LogP contribution in [-0.4, -0.2) is 4.57 Å². The molecule has 2 atom stereocenters. The van der Waals surface area contributed by atoms with E-state index in [2.05, 4.69) is 37.6 Å². The van der Waals surface area contributed by atoms with Crippen molar-refractivity contribution in [1.82, 2.24) is 4.57 Å². The number of rotatable bonds is 3. The highest BCUT2D eigenvalue weighted by Crippen LogP contribution is 2.42. The predicted molar refractivity (Wildman–Crippen MR) is 75.5 cm³/mol. The van der Waals surface area contributed by atoms with Crippen molar-refractivity contribution in [3.05, 3.63) is 23.5 Å². The molecule has 100 valence electrons. The molecule has 0 radical (unpaired) electrons. The van der Waals surface area contributed by atoms with Crippen LogP contribution in [-0.2, 0) is 6.42 Å². The monoisotopic (exact) mass is 246 g/mol. The SMILES string of the molecule is CC(CC1CC1)n1ccc2c1CC(C)(C)CC2N. The highest BCUT2D eigenvalue weighted by Gasteiger charge is 2.33. The molecular formula is C16H26N2. The van der Waals surface area contributed by atoms with E-state index in [1.807, 2.05) is 0 Å². The van der Waals surface area contributed by atoms with E-state index in [-0.39, 0.29) is 6.04 Å².